The molecule has 1 fully saturated rings. The first-order valence-corrected chi connectivity index (χ1v) is 9.91. The van der Waals surface area contributed by atoms with E-state index in [0.717, 1.165) is 29.8 Å². The van der Waals surface area contributed by atoms with E-state index in [-0.39, 0.29) is 17.9 Å². The van der Waals surface area contributed by atoms with Crippen molar-refractivity contribution in [3.63, 3.8) is 0 Å². The minimum absolute atomic E-state index is 0.0147. The van der Waals surface area contributed by atoms with Crippen molar-refractivity contribution >= 4 is 29.2 Å². The van der Waals surface area contributed by atoms with E-state index in [4.69, 9.17) is 4.74 Å². The van der Waals surface area contributed by atoms with Gasteiger partial charge in [0, 0.05) is 31.2 Å². The van der Waals surface area contributed by atoms with Gasteiger partial charge in [0.05, 0.1) is 17.5 Å². The Morgan fingerprint density at radius 2 is 2.07 bits per heavy atom. The van der Waals surface area contributed by atoms with Crippen LogP contribution in [0.25, 0.3) is 6.08 Å². The van der Waals surface area contributed by atoms with Crippen LogP contribution in [0.15, 0.2) is 48.5 Å². The van der Waals surface area contributed by atoms with Crippen LogP contribution in [0.4, 0.5) is 0 Å². The lowest BCUT2D eigenvalue weighted by Crippen LogP contribution is -2.28. The van der Waals surface area contributed by atoms with Crippen molar-refractivity contribution in [3.8, 4) is 0 Å². The van der Waals surface area contributed by atoms with E-state index >= 15 is 0 Å². The SMILES string of the molecule is COCCNC(=O)c1ccc([C@@H]2CCCN2C(=O)/C=C/c2ccccc2)s1. The maximum atomic E-state index is 12.7. The Bertz CT molecular complexity index is 801. The highest BCUT2D eigenvalue weighted by atomic mass is 32.1. The topological polar surface area (TPSA) is 58.6 Å². The first-order chi connectivity index (χ1) is 13.2. The van der Waals surface area contributed by atoms with E-state index in [1.165, 1.54) is 11.3 Å². The van der Waals surface area contributed by atoms with Crippen LogP contribution in [0, 0.1) is 0 Å². The number of nitrogens with one attached hydrogen (secondary N) is 1. The quantitative estimate of drug-likeness (QED) is 0.587. The number of hydrogen-bond acceptors (Lipinski definition) is 4. The average Bonchev–Trinajstić information content (AvgIpc) is 3.36. The fraction of sp³-hybridized carbons (Fsp3) is 0.333. The summed E-state index contributed by atoms with van der Waals surface area (Å²) in [6.45, 7) is 1.72. The van der Waals surface area contributed by atoms with Crippen LogP contribution in [-0.4, -0.2) is 43.5 Å². The molecule has 0 spiro atoms. The van der Waals surface area contributed by atoms with E-state index in [0.29, 0.717) is 18.0 Å². The molecule has 1 aromatic heterocycles. The monoisotopic (exact) mass is 384 g/mol. The Morgan fingerprint density at radius 3 is 2.85 bits per heavy atom. The molecule has 0 bridgehead atoms. The maximum Gasteiger partial charge on any atom is 0.261 e. The Balaban J connectivity index is 1.65. The fourth-order valence-electron chi connectivity index (χ4n) is 3.16. The van der Waals surface area contributed by atoms with Crippen molar-refractivity contribution in [2.24, 2.45) is 0 Å². The van der Waals surface area contributed by atoms with Crippen LogP contribution in [0.1, 0.15) is 39.0 Å². The van der Waals surface area contributed by atoms with Gasteiger partial charge in [-0.15, -0.1) is 11.3 Å². The summed E-state index contributed by atoms with van der Waals surface area (Å²) < 4.78 is 4.95. The molecular formula is C21H24N2O3S. The van der Waals surface area contributed by atoms with Crippen LogP contribution < -0.4 is 5.32 Å². The highest BCUT2D eigenvalue weighted by Gasteiger charge is 2.30. The first kappa shape index (κ1) is 19.3. The number of hydrogen-bond donors (Lipinski definition) is 1. The predicted octanol–water partition coefficient (Wildman–Crippen LogP) is 3.50. The van der Waals surface area contributed by atoms with Crippen molar-refractivity contribution in [2.45, 2.75) is 18.9 Å². The molecule has 1 atom stereocenters. The molecule has 6 heteroatoms. The Kier molecular flexibility index (Phi) is 6.79. The van der Waals surface area contributed by atoms with Crippen LogP contribution in [-0.2, 0) is 9.53 Å². The molecule has 2 amide bonds. The summed E-state index contributed by atoms with van der Waals surface area (Å²) >= 11 is 1.46. The molecule has 0 unspecified atom stereocenters. The van der Waals surface area contributed by atoms with E-state index in [9.17, 15) is 9.59 Å². The summed E-state index contributed by atoms with van der Waals surface area (Å²) in [5, 5.41) is 2.83. The zero-order valence-corrected chi connectivity index (χ0v) is 16.2. The van der Waals surface area contributed by atoms with Gasteiger partial charge in [-0.25, -0.2) is 0 Å². The average molecular weight is 385 g/mol. The Hall–Kier alpha value is -2.44. The van der Waals surface area contributed by atoms with E-state index < -0.39 is 0 Å². The normalized spacial score (nSPS) is 16.8. The molecule has 1 N–H and O–H groups in total. The summed E-state index contributed by atoms with van der Waals surface area (Å²) in [7, 11) is 1.60. The zero-order valence-electron chi connectivity index (χ0n) is 15.4. The largest absolute Gasteiger partial charge is 0.383 e. The Morgan fingerprint density at radius 1 is 1.26 bits per heavy atom. The maximum absolute atomic E-state index is 12.7. The van der Waals surface area contributed by atoms with Gasteiger partial charge in [-0.05, 0) is 36.6 Å². The molecule has 2 aromatic rings. The molecule has 27 heavy (non-hydrogen) atoms. The number of methoxy groups -OCH3 is 1. The summed E-state index contributed by atoms with van der Waals surface area (Å²) in [5.41, 5.74) is 1.01. The van der Waals surface area contributed by atoms with Crippen LogP contribution in [0.3, 0.4) is 0 Å². The predicted molar refractivity (Wildman–Crippen MR) is 108 cm³/mol. The lowest BCUT2D eigenvalue weighted by atomic mass is 10.1. The third kappa shape index (κ3) is 5.05. The Labute approximate surface area is 163 Å². The van der Waals surface area contributed by atoms with Gasteiger partial charge in [-0.3, -0.25) is 9.59 Å². The highest BCUT2D eigenvalue weighted by Crippen LogP contribution is 2.36. The standard InChI is InChI=1S/C21H24N2O3S/c1-26-15-13-22-21(25)19-11-10-18(27-19)17-8-5-14-23(17)20(24)12-9-16-6-3-2-4-7-16/h2-4,6-7,9-12,17H,5,8,13-15H2,1H3,(H,22,25)/b12-9+/t17-/m0/s1. The number of benzene rings is 1. The second kappa shape index (κ2) is 9.48. The second-order valence-corrected chi connectivity index (χ2v) is 7.50. The second-order valence-electron chi connectivity index (χ2n) is 6.38. The number of ether oxygens (including phenoxy) is 1. The van der Waals surface area contributed by atoms with Crippen molar-refractivity contribution in [1.29, 1.82) is 0 Å². The number of carbonyl (C=O) groups excluding carboxylic acids is 2. The smallest absolute Gasteiger partial charge is 0.261 e. The summed E-state index contributed by atoms with van der Waals surface area (Å²) in [6, 6.07) is 13.6. The summed E-state index contributed by atoms with van der Waals surface area (Å²) in [4.78, 5) is 28.5. The van der Waals surface area contributed by atoms with Gasteiger partial charge >= 0.3 is 0 Å². The number of likely N-dealkylation sites (tertiary alicyclic amines) is 1. The number of nitrogens with zero attached hydrogens (tertiary/aromatic N) is 1. The van der Waals surface area contributed by atoms with Gasteiger partial charge in [0.1, 0.15) is 0 Å². The molecule has 1 aliphatic rings. The molecule has 1 aliphatic heterocycles. The zero-order chi connectivity index (χ0) is 19.1. The molecule has 1 aromatic carbocycles. The van der Waals surface area contributed by atoms with Gasteiger partial charge in [0.25, 0.3) is 5.91 Å². The molecule has 1 saturated heterocycles. The molecule has 2 heterocycles. The van der Waals surface area contributed by atoms with Crippen LogP contribution in [0.2, 0.25) is 0 Å². The fourth-order valence-corrected chi connectivity index (χ4v) is 4.23. The van der Waals surface area contributed by atoms with E-state index in [1.54, 1.807) is 13.2 Å². The third-order valence-electron chi connectivity index (χ3n) is 4.52. The third-order valence-corrected chi connectivity index (χ3v) is 5.71. The van der Waals surface area contributed by atoms with Gasteiger partial charge in [-0.1, -0.05) is 30.3 Å². The molecule has 0 aliphatic carbocycles. The molecule has 0 radical (unpaired) electrons. The molecule has 0 saturated carbocycles. The molecule has 142 valence electrons. The van der Waals surface area contributed by atoms with E-state index in [2.05, 4.69) is 5.32 Å². The summed E-state index contributed by atoms with van der Waals surface area (Å²) in [6.07, 6.45) is 5.39. The van der Waals surface area contributed by atoms with Gasteiger partial charge < -0.3 is 15.0 Å². The molecular weight excluding hydrogens is 360 g/mol. The van der Waals surface area contributed by atoms with Gasteiger partial charge in [0.15, 0.2) is 0 Å². The number of carbonyl (C=O) groups is 2. The lowest BCUT2D eigenvalue weighted by Gasteiger charge is -2.22. The lowest BCUT2D eigenvalue weighted by molar-refractivity contribution is -0.126. The van der Waals surface area contributed by atoms with Gasteiger partial charge in [-0.2, -0.15) is 0 Å². The highest BCUT2D eigenvalue weighted by molar-refractivity contribution is 7.14. The van der Waals surface area contributed by atoms with Gasteiger partial charge in [0.2, 0.25) is 5.91 Å². The summed E-state index contributed by atoms with van der Waals surface area (Å²) in [5.74, 6) is -0.0796. The van der Waals surface area contributed by atoms with E-state index in [1.807, 2.05) is 53.4 Å². The number of rotatable bonds is 7. The van der Waals surface area contributed by atoms with Crippen molar-refractivity contribution in [2.75, 3.05) is 26.8 Å². The molecule has 5 nitrogen and oxygen atoms in total. The van der Waals surface area contributed by atoms with Crippen molar-refractivity contribution < 1.29 is 14.3 Å². The van der Waals surface area contributed by atoms with Crippen LogP contribution in [0.5, 0.6) is 0 Å². The first-order valence-electron chi connectivity index (χ1n) is 9.09. The minimum atomic E-state index is -0.0943. The van der Waals surface area contributed by atoms with Crippen molar-refractivity contribution in [3.05, 3.63) is 63.9 Å². The van der Waals surface area contributed by atoms with Crippen LogP contribution >= 0.6 is 11.3 Å². The molecule has 3 rings (SSSR count). The number of thiophene rings is 1. The van der Waals surface area contributed by atoms with Crippen molar-refractivity contribution in [1.82, 2.24) is 10.2 Å². The number of amides is 2. The minimum Gasteiger partial charge on any atom is -0.383 e.